The zero-order valence-electron chi connectivity index (χ0n) is 7.47. The van der Waals surface area contributed by atoms with Crippen molar-refractivity contribution in [3.8, 4) is 0 Å². The molecular weight excluding hydrogens is 132 g/mol. The molecule has 2 aliphatic carbocycles. The first-order valence-electron chi connectivity index (χ1n) is 5.10. The zero-order valence-corrected chi connectivity index (χ0v) is 7.47. The van der Waals surface area contributed by atoms with Crippen LogP contribution in [0.1, 0.15) is 45.4 Å². The summed E-state index contributed by atoms with van der Waals surface area (Å²) in [5.74, 6) is 1.96. The van der Waals surface area contributed by atoms with Crippen LogP contribution in [0, 0.1) is 11.8 Å². The minimum atomic E-state index is 0.930. The van der Waals surface area contributed by atoms with E-state index < -0.39 is 0 Å². The molecule has 0 aromatic heterocycles. The van der Waals surface area contributed by atoms with Crippen LogP contribution in [0.3, 0.4) is 0 Å². The van der Waals surface area contributed by atoms with Gasteiger partial charge in [0.05, 0.1) is 0 Å². The Morgan fingerprint density at radius 3 is 2.82 bits per heavy atom. The highest BCUT2D eigenvalue weighted by Crippen LogP contribution is 2.42. The van der Waals surface area contributed by atoms with E-state index in [0.717, 1.165) is 11.8 Å². The van der Waals surface area contributed by atoms with Crippen molar-refractivity contribution >= 4 is 0 Å². The number of hydrogen-bond acceptors (Lipinski definition) is 0. The molecule has 11 heavy (non-hydrogen) atoms. The Labute approximate surface area is 69.7 Å². The molecule has 2 aliphatic rings. The van der Waals surface area contributed by atoms with E-state index in [-0.39, 0.29) is 0 Å². The molecule has 1 unspecified atom stereocenters. The Kier molecular flexibility index (Phi) is 2.02. The van der Waals surface area contributed by atoms with E-state index in [0.29, 0.717) is 0 Å². The maximum atomic E-state index is 2.58. The topological polar surface area (TPSA) is 0 Å². The molecule has 1 saturated carbocycles. The van der Waals surface area contributed by atoms with Gasteiger partial charge in [-0.3, -0.25) is 0 Å². The Hall–Kier alpha value is -0.260. The summed E-state index contributed by atoms with van der Waals surface area (Å²) in [5, 5.41) is 0. The van der Waals surface area contributed by atoms with E-state index in [9.17, 15) is 0 Å². The monoisotopic (exact) mass is 150 g/mol. The quantitative estimate of drug-likeness (QED) is 0.528. The first kappa shape index (κ1) is 7.39. The molecule has 0 N–H and O–H groups in total. The second-order valence-corrected chi connectivity index (χ2v) is 4.08. The van der Waals surface area contributed by atoms with Gasteiger partial charge in [-0.2, -0.15) is 0 Å². The molecule has 0 bridgehead atoms. The molecule has 0 heterocycles. The molecule has 0 spiro atoms. The summed E-state index contributed by atoms with van der Waals surface area (Å²) >= 11 is 0. The first-order chi connectivity index (χ1) is 5.40. The third-order valence-electron chi connectivity index (χ3n) is 3.12. The summed E-state index contributed by atoms with van der Waals surface area (Å²) in [5.41, 5.74) is 1.81. The minimum Gasteiger partial charge on any atom is -0.0819 e. The van der Waals surface area contributed by atoms with Crippen molar-refractivity contribution in [2.24, 2.45) is 11.8 Å². The van der Waals surface area contributed by atoms with Crippen molar-refractivity contribution in [1.82, 2.24) is 0 Å². The lowest BCUT2D eigenvalue weighted by molar-refractivity contribution is 0.504. The Bertz CT molecular complexity index is 163. The molecule has 1 atom stereocenters. The van der Waals surface area contributed by atoms with E-state index in [1.165, 1.54) is 38.5 Å². The molecule has 0 radical (unpaired) electrons. The third kappa shape index (κ3) is 1.66. The van der Waals surface area contributed by atoms with E-state index in [1.54, 1.807) is 0 Å². The lowest BCUT2D eigenvalue weighted by atomic mass is 9.87. The van der Waals surface area contributed by atoms with Crippen LogP contribution in [0.5, 0.6) is 0 Å². The van der Waals surface area contributed by atoms with Gasteiger partial charge in [-0.25, -0.2) is 0 Å². The fourth-order valence-electron chi connectivity index (χ4n) is 2.15. The van der Waals surface area contributed by atoms with Crippen molar-refractivity contribution < 1.29 is 0 Å². The Morgan fingerprint density at radius 1 is 1.36 bits per heavy atom. The van der Waals surface area contributed by atoms with Gasteiger partial charge in [0.1, 0.15) is 0 Å². The molecule has 2 rings (SSSR count). The molecule has 0 nitrogen and oxygen atoms in total. The lowest BCUT2D eigenvalue weighted by Gasteiger charge is -2.19. The number of hydrogen-bond donors (Lipinski definition) is 0. The predicted octanol–water partition coefficient (Wildman–Crippen LogP) is 3.53. The lowest BCUT2D eigenvalue weighted by Crippen LogP contribution is -2.04. The van der Waals surface area contributed by atoms with Crippen LogP contribution in [0.25, 0.3) is 0 Å². The highest BCUT2D eigenvalue weighted by molar-refractivity contribution is 5.15. The summed E-state index contributed by atoms with van der Waals surface area (Å²) in [4.78, 5) is 0. The van der Waals surface area contributed by atoms with Crippen molar-refractivity contribution in [3.63, 3.8) is 0 Å². The summed E-state index contributed by atoms with van der Waals surface area (Å²) < 4.78 is 0. The fraction of sp³-hybridized carbons (Fsp3) is 0.818. The third-order valence-corrected chi connectivity index (χ3v) is 3.12. The van der Waals surface area contributed by atoms with Gasteiger partial charge in [0.2, 0.25) is 0 Å². The number of allylic oxidation sites excluding steroid dienone is 2. The van der Waals surface area contributed by atoms with Crippen LogP contribution in [0.15, 0.2) is 11.6 Å². The summed E-state index contributed by atoms with van der Waals surface area (Å²) in [6.07, 6.45) is 11.2. The normalized spacial score (nSPS) is 31.7. The van der Waals surface area contributed by atoms with Crippen LogP contribution in [0.4, 0.5) is 0 Å². The van der Waals surface area contributed by atoms with Gasteiger partial charge in [-0.1, -0.05) is 18.6 Å². The van der Waals surface area contributed by atoms with Crippen LogP contribution in [-0.2, 0) is 0 Å². The van der Waals surface area contributed by atoms with Gasteiger partial charge >= 0.3 is 0 Å². The van der Waals surface area contributed by atoms with Crippen LogP contribution in [0.2, 0.25) is 0 Å². The van der Waals surface area contributed by atoms with Crippen LogP contribution in [-0.4, -0.2) is 0 Å². The van der Waals surface area contributed by atoms with Gasteiger partial charge < -0.3 is 0 Å². The summed E-state index contributed by atoms with van der Waals surface area (Å²) in [7, 11) is 0. The van der Waals surface area contributed by atoms with E-state index in [4.69, 9.17) is 0 Å². The van der Waals surface area contributed by atoms with Gasteiger partial charge in [0, 0.05) is 0 Å². The average molecular weight is 150 g/mol. The molecule has 0 heteroatoms. The number of rotatable bonds is 2. The van der Waals surface area contributed by atoms with Crippen molar-refractivity contribution in [2.45, 2.75) is 45.4 Å². The molecule has 0 aliphatic heterocycles. The van der Waals surface area contributed by atoms with Crippen LogP contribution < -0.4 is 0 Å². The molecule has 0 saturated heterocycles. The van der Waals surface area contributed by atoms with Gasteiger partial charge in [-0.05, 0) is 50.4 Å². The highest BCUT2D eigenvalue weighted by Gasteiger charge is 2.27. The maximum Gasteiger partial charge on any atom is -0.0203 e. The minimum absolute atomic E-state index is 0.930. The van der Waals surface area contributed by atoms with Gasteiger partial charge in [0.25, 0.3) is 0 Å². The van der Waals surface area contributed by atoms with E-state index >= 15 is 0 Å². The summed E-state index contributed by atoms with van der Waals surface area (Å²) in [6, 6.07) is 0. The Balaban J connectivity index is 2.00. The molecule has 0 amide bonds. The second kappa shape index (κ2) is 3.00. The largest absolute Gasteiger partial charge is 0.0819 e. The standard InChI is InChI=1S/C11H18/c1-2-9-4-3-5-11(8-9)10-6-7-10/h8-10H,2-7H2,1H3. The second-order valence-electron chi connectivity index (χ2n) is 4.08. The molecular formula is C11H18. The molecule has 62 valence electrons. The van der Waals surface area contributed by atoms with Crippen LogP contribution >= 0.6 is 0 Å². The Morgan fingerprint density at radius 2 is 2.18 bits per heavy atom. The van der Waals surface area contributed by atoms with E-state index in [1.807, 2.05) is 5.57 Å². The van der Waals surface area contributed by atoms with Crippen molar-refractivity contribution in [1.29, 1.82) is 0 Å². The molecule has 1 fully saturated rings. The average Bonchev–Trinajstić information content (AvgIpc) is 2.87. The smallest absolute Gasteiger partial charge is 0.0203 e. The highest BCUT2D eigenvalue weighted by atomic mass is 14.3. The molecule has 0 aromatic carbocycles. The SMILES string of the molecule is CCC1C=C(C2CC2)CCC1. The van der Waals surface area contributed by atoms with Gasteiger partial charge in [0.15, 0.2) is 0 Å². The van der Waals surface area contributed by atoms with Crippen molar-refractivity contribution in [2.75, 3.05) is 0 Å². The fourth-order valence-corrected chi connectivity index (χ4v) is 2.15. The molecule has 0 aromatic rings. The first-order valence-corrected chi connectivity index (χ1v) is 5.10. The summed E-state index contributed by atoms with van der Waals surface area (Å²) in [6.45, 7) is 2.32. The zero-order chi connectivity index (χ0) is 7.68. The maximum absolute atomic E-state index is 2.58. The van der Waals surface area contributed by atoms with Crippen molar-refractivity contribution in [3.05, 3.63) is 11.6 Å². The predicted molar refractivity (Wildman–Crippen MR) is 48.4 cm³/mol. The van der Waals surface area contributed by atoms with Gasteiger partial charge in [-0.15, -0.1) is 0 Å². The van der Waals surface area contributed by atoms with E-state index in [2.05, 4.69) is 13.0 Å².